The van der Waals surface area contributed by atoms with Gasteiger partial charge in [-0.1, -0.05) is 41.5 Å². The maximum Gasteiger partial charge on any atom is 0.308 e. The second-order valence-corrected chi connectivity index (χ2v) is 12.8. The summed E-state index contributed by atoms with van der Waals surface area (Å²) in [6.07, 6.45) is -2.10. The molecule has 0 spiro atoms. The molecule has 0 aliphatic rings. The molecule has 0 heterocycles. The van der Waals surface area contributed by atoms with E-state index in [0.29, 0.717) is 16.6 Å². The Labute approximate surface area is 142 Å². The molecule has 0 aromatic heterocycles. The second kappa shape index (κ2) is 9.76. The van der Waals surface area contributed by atoms with Gasteiger partial charge in [0.1, 0.15) is 0 Å². The standard InChI is InChI=1S/C17H36O5Si/c1-11(2)23(12(3)4,13(5)6)22-14(7)16(19)9-15(18)10-17(20)21-8/h11-16,18-19H,9-10H2,1-8H3/t14-,15-,16+/m0/s1. The number of hydrogen-bond donors (Lipinski definition) is 2. The number of aliphatic hydroxyl groups excluding tert-OH is 2. The molecule has 138 valence electrons. The molecule has 0 radical (unpaired) electrons. The molecular formula is C17H36O5Si. The van der Waals surface area contributed by atoms with Crippen LogP contribution in [0.4, 0.5) is 0 Å². The summed E-state index contributed by atoms with van der Waals surface area (Å²) in [7, 11) is -0.794. The molecule has 0 saturated heterocycles. The van der Waals surface area contributed by atoms with Crippen molar-refractivity contribution in [2.45, 2.75) is 96.2 Å². The number of esters is 1. The van der Waals surface area contributed by atoms with Crippen LogP contribution in [0.5, 0.6) is 0 Å². The molecular weight excluding hydrogens is 312 g/mol. The van der Waals surface area contributed by atoms with Gasteiger partial charge in [0.25, 0.3) is 0 Å². The molecule has 0 rings (SSSR count). The van der Waals surface area contributed by atoms with Crippen molar-refractivity contribution in [2.75, 3.05) is 7.11 Å². The van der Waals surface area contributed by atoms with E-state index in [1.807, 2.05) is 6.92 Å². The van der Waals surface area contributed by atoms with Crippen molar-refractivity contribution in [3.05, 3.63) is 0 Å². The number of hydrogen-bond acceptors (Lipinski definition) is 5. The first-order chi connectivity index (χ1) is 10.5. The molecule has 0 fully saturated rings. The van der Waals surface area contributed by atoms with Gasteiger partial charge >= 0.3 is 5.97 Å². The summed E-state index contributed by atoms with van der Waals surface area (Å²) in [6.45, 7) is 15.0. The third kappa shape index (κ3) is 6.18. The quantitative estimate of drug-likeness (QED) is 0.468. The first kappa shape index (κ1) is 22.6. The lowest BCUT2D eigenvalue weighted by atomic mass is 10.1. The van der Waals surface area contributed by atoms with Crippen molar-refractivity contribution in [3.8, 4) is 0 Å². The fraction of sp³-hybridized carbons (Fsp3) is 0.941. The molecule has 0 aliphatic heterocycles. The lowest BCUT2D eigenvalue weighted by Gasteiger charge is -2.45. The van der Waals surface area contributed by atoms with Crippen LogP contribution in [0.3, 0.4) is 0 Å². The van der Waals surface area contributed by atoms with Crippen LogP contribution >= 0.6 is 0 Å². The third-order valence-electron chi connectivity index (χ3n) is 4.78. The molecule has 5 nitrogen and oxygen atoms in total. The van der Waals surface area contributed by atoms with Crippen LogP contribution < -0.4 is 0 Å². The molecule has 0 amide bonds. The zero-order valence-electron chi connectivity index (χ0n) is 16.0. The first-order valence-corrected chi connectivity index (χ1v) is 10.7. The van der Waals surface area contributed by atoms with E-state index in [2.05, 4.69) is 46.3 Å². The summed E-state index contributed by atoms with van der Waals surface area (Å²) in [6, 6.07) is 0. The van der Waals surface area contributed by atoms with Gasteiger partial charge in [0.05, 0.1) is 31.8 Å². The van der Waals surface area contributed by atoms with Crippen molar-refractivity contribution in [1.29, 1.82) is 0 Å². The fourth-order valence-corrected chi connectivity index (χ4v) is 9.26. The summed E-state index contributed by atoms with van der Waals surface area (Å²) >= 11 is 0. The molecule has 2 N–H and O–H groups in total. The predicted octanol–water partition coefficient (Wildman–Crippen LogP) is 3.24. The fourth-order valence-electron chi connectivity index (χ4n) is 3.64. The molecule has 0 unspecified atom stereocenters. The molecule has 0 aliphatic carbocycles. The van der Waals surface area contributed by atoms with E-state index < -0.39 is 26.5 Å². The van der Waals surface area contributed by atoms with E-state index >= 15 is 0 Å². The number of methoxy groups -OCH3 is 1. The Bertz CT molecular complexity index is 335. The summed E-state index contributed by atoms with van der Waals surface area (Å²) in [5.74, 6) is -0.478. The molecule has 0 aromatic carbocycles. The lowest BCUT2D eigenvalue weighted by molar-refractivity contribution is -0.143. The summed E-state index contributed by atoms with van der Waals surface area (Å²) in [5, 5.41) is 20.3. The average Bonchev–Trinajstić information content (AvgIpc) is 2.42. The highest BCUT2D eigenvalue weighted by Gasteiger charge is 2.46. The third-order valence-corrected chi connectivity index (χ3v) is 11.0. The molecule has 6 heteroatoms. The van der Waals surface area contributed by atoms with Gasteiger partial charge in [0.15, 0.2) is 0 Å². The monoisotopic (exact) mass is 348 g/mol. The van der Waals surface area contributed by atoms with Crippen LogP contribution in [-0.4, -0.2) is 49.9 Å². The highest BCUT2D eigenvalue weighted by molar-refractivity contribution is 6.77. The van der Waals surface area contributed by atoms with Crippen LogP contribution in [0.2, 0.25) is 16.6 Å². The summed E-state index contributed by atoms with van der Waals surface area (Å²) in [4.78, 5) is 11.2. The maximum atomic E-state index is 11.2. The van der Waals surface area contributed by atoms with E-state index in [9.17, 15) is 15.0 Å². The minimum absolute atomic E-state index is 0.106. The van der Waals surface area contributed by atoms with Crippen molar-refractivity contribution in [2.24, 2.45) is 0 Å². The van der Waals surface area contributed by atoms with Crippen LogP contribution in [-0.2, 0) is 14.0 Å². The number of aliphatic hydroxyl groups is 2. The number of carbonyl (C=O) groups is 1. The van der Waals surface area contributed by atoms with Crippen molar-refractivity contribution in [1.82, 2.24) is 0 Å². The zero-order chi connectivity index (χ0) is 18.4. The van der Waals surface area contributed by atoms with Crippen molar-refractivity contribution < 1.29 is 24.2 Å². The highest BCUT2D eigenvalue weighted by atomic mass is 28.4. The van der Waals surface area contributed by atoms with Gasteiger partial charge in [-0.25, -0.2) is 0 Å². The van der Waals surface area contributed by atoms with Crippen LogP contribution in [0.1, 0.15) is 61.3 Å². The zero-order valence-corrected chi connectivity index (χ0v) is 17.0. The van der Waals surface area contributed by atoms with Crippen LogP contribution in [0.25, 0.3) is 0 Å². The summed E-state index contributed by atoms with van der Waals surface area (Å²) < 4.78 is 11.0. The van der Waals surface area contributed by atoms with Crippen molar-refractivity contribution >= 4 is 14.3 Å². The minimum atomic E-state index is -2.08. The molecule has 0 saturated carbocycles. The van der Waals surface area contributed by atoms with Gasteiger partial charge in [0.2, 0.25) is 8.32 Å². The van der Waals surface area contributed by atoms with Crippen LogP contribution in [0.15, 0.2) is 0 Å². The Balaban J connectivity index is 4.92. The van der Waals surface area contributed by atoms with E-state index in [-0.39, 0.29) is 18.9 Å². The van der Waals surface area contributed by atoms with Gasteiger partial charge in [-0.3, -0.25) is 4.79 Å². The largest absolute Gasteiger partial charge is 0.469 e. The Morgan fingerprint density at radius 3 is 1.74 bits per heavy atom. The van der Waals surface area contributed by atoms with Gasteiger partial charge < -0.3 is 19.4 Å². The minimum Gasteiger partial charge on any atom is -0.469 e. The second-order valence-electron chi connectivity index (χ2n) is 7.38. The molecule has 3 atom stereocenters. The van der Waals surface area contributed by atoms with Gasteiger partial charge in [-0.2, -0.15) is 0 Å². The average molecular weight is 349 g/mol. The Hall–Kier alpha value is -0.433. The molecule has 23 heavy (non-hydrogen) atoms. The number of carbonyl (C=O) groups excluding carboxylic acids is 1. The van der Waals surface area contributed by atoms with Crippen LogP contribution in [0, 0.1) is 0 Å². The van der Waals surface area contributed by atoms with Gasteiger partial charge in [0, 0.05) is 6.42 Å². The van der Waals surface area contributed by atoms with E-state index in [1.54, 1.807) is 0 Å². The normalized spacial score (nSPS) is 16.7. The van der Waals surface area contributed by atoms with Gasteiger partial charge in [-0.05, 0) is 23.5 Å². The molecule has 0 aromatic rings. The van der Waals surface area contributed by atoms with Gasteiger partial charge in [-0.15, -0.1) is 0 Å². The van der Waals surface area contributed by atoms with Crippen molar-refractivity contribution in [3.63, 3.8) is 0 Å². The SMILES string of the molecule is COC(=O)C[C@@H](O)C[C@@H](O)[C@H](C)O[Si](C(C)C)(C(C)C)C(C)C. The molecule has 0 bridgehead atoms. The number of ether oxygens (including phenoxy) is 1. The van der Waals surface area contributed by atoms with E-state index in [0.717, 1.165) is 0 Å². The van der Waals surface area contributed by atoms with E-state index in [4.69, 9.17) is 4.43 Å². The Morgan fingerprint density at radius 1 is 0.957 bits per heavy atom. The topological polar surface area (TPSA) is 76.0 Å². The van der Waals surface area contributed by atoms with E-state index in [1.165, 1.54) is 7.11 Å². The number of rotatable bonds is 10. The smallest absolute Gasteiger partial charge is 0.308 e. The Kier molecular flexibility index (Phi) is 9.58. The predicted molar refractivity (Wildman–Crippen MR) is 94.9 cm³/mol. The first-order valence-electron chi connectivity index (χ1n) is 8.59. The summed E-state index contributed by atoms with van der Waals surface area (Å²) in [5.41, 5.74) is 1.28. The maximum absolute atomic E-state index is 11.2. The lowest BCUT2D eigenvalue weighted by Crippen LogP contribution is -2.52. The Morgan fingerprint density at radius 2 is 1.39 bits per heavy atom. The highest BCUT2D eigenvalue weighted by Crippen LogP contribution is 2.43.